The highest BCUT2D eigenvalue weighted by atomic mass is 16.4. The van der Waals surface area contributed by atoms with Crippen LogP contribution in [-0.4, -0.2) is 21.3 Å². The van der Waals surface area contributed by atoms with Crippen LogP contribution in [0, 0.1) is 0 Å². The maximum Gasteiger partial charge on any atom is 0.303 e. The van der Waals surface area contributed by atoms with Crippen molar-refractivity contribution in [2.45, 2.75) is 18.9 Å². The van der Waals surface area contributed by atoms with Gasteiger partial charge in [-0.15, -0.1) is 0 Å². The molecule has 66 valence electrons. The fourth-order valence-corrected chi connectivity index (χ4v) is 0.908. The van der Waals surface area contributed by atoms with Crippen molar-refractivity contribution in [2.75, 3.05) is 0 Å². The van der Waals surface area contributed by atoms with Gasteiger partial charge in [-0.2, -0.15) is 5.10 Å². The Morgan fingerprint density at radius 2 is 2.58 bits per heavy atom. The van der Waals surface area contributed by atoms with E-state index >= 15 is 0 Å². The molecular formula is C7H11N3O2. The predicted molar refractivity (Wildman–Crippen MR) is 42.4 cm³/mol. The Labute approximate surface area is 69.6 Å². The second-order valence-corrected chi connectivity index (χ2v) is 2.55. The zero-order valence-electron chi connectivity index (χ0n) is 6.53. The maximum absolute atomic E-state index is 10.2. The number of aromatic nitrogens is 2. The lowest BCUT2D eigenvalue weighted by molar-refractivity contribution is -0.137. The summed E-state index contributed by atoms with van der Waals surface area (Å²) in [6, 6.07) is 1.48. The number of aromatic amines is 1. The average molecular weight is 169 g/mol. The summed E-state index contributed by atoms with van der Waals surface area (Å²) in [5.41, 5.74) is 6.43. The van der Waals surface area contributed by atoms with Crippen molar-refractivity contribution in [3.05, 3.63) is 18.0 Å². The Morgan fingerprint density at radius 3 is 3.08 bits per heavy atom. The number of carboxylic acids is 1. The summed E-state index contributed by atoms with van der Waals surface area (Å²) in [4.78, 5) is 10.2. The first-order valence-electron chi connectivity index (χ1n) is 3.67. The van der Waals surface area contributed by atoms with E-state index in [1.165, 1.54) is 0 Å². The summed E-state index contributed by atoms with van der Waals surface area (Å²) in [7, 11) is 0. The van der Waals surface area contributed by atoms with E-state index in [1.54, 1.807) is 12.3 Å². The van der Waals surface area contributed by atoms with Gasteiger partial charge in [-0.05, 0) is 12.5 Å². The first kappa shape index (κ1) is 8.73. The van der Waals surface area contributed by atoms with Gasteiger partial charge < -0.3 is 10.8 Å². The number of hydrogen-bond acceptors (Lipinski definition) is 3. The molecule has 0 amide bonds. The van der Waals surface area contributed by atoms with Gasteiger partial charge in [0, 0.05) is 18.7 Å². The van der Waals surface area contributed by atoms with Crippen LogP contribution in [0.15, 0.2) is 12.3 Å². The van der Waals surface area contributed by atoms with E-state index in [1.807, 2.05) is 0 Å². The van der Waals surface area contributed by atoms with Crippen LogP contribution in [0.4, 0.5) is 0 Å². The zero-order valence-corrected chi connectivity index (χ0v) is 6.53. The van der Waals surface area contributed by atoms with E-state index in [-0.39, 0.29) is 12.5 Å². The van der Waals surface area contributed by atoms with Gasteiger partial charge in [0.25, 0.3) is 0 Å². The van der Waals surface area contributed by atoms with Crippen molar-refractivity contribution >= 4 is 5.97 Å². The van der Waals surface area contributed by atoms with E-state index in [0.717, 1.165) is 5.69 Å². The van der Waals surface area contributed by atoms with Crippen LogP contribution in [-0.2, 0) is 4.79 Å². The second-order valence-electron chi connectivity index (χ2n) is 2.55. The molecule has 0 aromatic carbocycles. The summed E-state index contributed by atoms with van der Waals surface area (Å²) in [6.07, 6.45) is 2.10. The Bertz CT molecular complexity index is 245. The highest BCUT2D eigenvalue weighted by Gasteiger charge is 2.08. The molecular weight excluding hydrogens is 158 g/mol. The van der Waals surface area contributed by atoms with Crippen molar-refractivity contribution in [1.29, 1.82) is 0 Å². The number of nitrogens with one attached hydrogen (secondary N) is 1. The minimum atomic E-state index is -0.829. The highest BCUT2D eigenvalue weighted by molar-refractivity contribution is 5.66. The van der Waals surface area contributed by atoms with Crippen molar-refractivity contribution in [3.8, 4) is 0 Å². The molecule has 4 N–H and O–H groups in total. The van der Waals surface area contributed by atoms with Gasteiger partial charge >= 0.3 is 5.97 Å². The summed E-state index contributed by atoms with van der Waals surface area (Å²) >= 11 is 0. The van der Waals surface area contributed by atoms with Gasteiger partial charge in [-0.3, -0.25) is 9.89 Å². The predicted octanol–water partition coefficient (Wildman–Crippen LogP) is 0.274. The van der Waals surface area contributed by atoms with E-state index in [9.17, 15) is 4.79 Å². The topological polar surface area (TPSA) is 92.0 Å². The Kier molecular flexibility index (Phi) is 2.82. The van der Waals surface area contributed by atoms with Gasteiger partial charge in [0.2, 0.25) is 0 Å². The van der Waals surface area contributed by atoms with Gasteiger partial charge in [0.1, 0.15) is 0 Å². The number of aliphatic carboxylic acids is 1. The third-order valence-corrected chi connectivity index (χ3v) is 1.59. The van der Waals surface area contributed by atoms with Crippen LogP contribution < -0.4 is 5.73 Å². The lowest BCUT2D eigenvalue weighted by atomic mass is 10.1. The molecule has 1 heterocycles. The van der Waals surface area contributed by atoms with Crippen molar-refractivity contribution < 1.29 is 9.90 Å². The second kappa shape index (κ2) is 3.87. The lowest BCUT2D eigenvalue weighted by Crippen LogP contribution is -2.12. The van der Waals surface area contributed by atoms with Crippen LogP contribution in [0.25, 0.3) is 0 Å². The normalized spacial score (nSPS) is 12.8. The summed E-state index contributed by atoms with van der Waals surface area (Å²) in [5.74, 6) is -0.829. The van der Waals surface area contributed by atoms with E-state index in [2.05, 4.69) is 10.2 Å². The molecule has 0 fully saturated rings. The molecule has 0 aliphatic heterocycles. The van der Waals surface area contributed by atoms with Crippen LogP contribution in [0.5, 0.6) is 0 Å². The van der Waals surface area contributed by atoms with Crippen LogP contribution in [0.3, 0.4) is 0 Å². The molecule has 5 heteroatoms. The van der Waals surface area contributed by atoms with Crippen LogP contribution in [0.2, 0.25) is 0 Å². The van der Waals surface area contributed by atoms with E-state index in [4.69, 9.17) is 10.8 Å². The average Bonchev–Trinajstić information content (AvgIpc) is 2.51. The molecule has 1 atom stereocenters. The molecule has 0 aliphatic carbocycles. The maximum atomic E-state index is 10.2. The first-order valence-corrected chi connectivity index (χ1v) is 3.67. The number of nitrogens with zero attached hydrogens (tertiary/aromatic N) is 1. The molecule has 0 spiro atoms. The number of carboxylic acid groups (broad SMARTS) is 1. The third kappa shape index (κ3) is 2.35. The molecule has 1 unspecified atom stereocenters. The Morgan fingerprint density at radius 1 is 1.83 bits per heavy atom. The number of nitrogens with two attached hydrogens (primary N) is 1. The van der Waals surface area contributed by atoms with Gasteiger partial charge in [0.05, 0.1) is 5.69 Å². The quantitative estimate of drug-likeness (QED) is 0.603. The molecule has 0 saturated carbocycles. The van der Waals surface area contributed by atoms with Gasteiger partial charge in [-0.25, -0.2) is 0 Å². The van der Waals surface area contributed by atoms with Crippen LogP contribution >= 0.6 is 0 Å². The largest absolute Gasteiger partial charge is 0.481 e. The zero-order chi connectivity index (χ0) is 8.97. The lowest BCUT2D eigenvalue weighted by Gasteiger charge is -2.05. The highest BCUT2D eigenvalue weighted by Crippen LogP contribution is 2.11. The Balaban J connectivity index is 2.39. The van der Waals surface area contributed by atoms with Crippen molar-refractivity contribution in [3.63, 3.8) is 0 Å². The van der Waals surface area contributed by atoms with Gasteiger partial charge in [0.15, 0.2) is 0 Å². The van der Waals surface area contributed by atoms with Crippen LogP contribution in [0.1, 0.15) is 24.6 Å². The number of rotatable bonds is 4. The fourth-order valence-electron chi connectivity index (χ4n) is 0.908. The van der Waals surface area contributed by atoms with E-state index in [0.29, 0.717) is 6.42 Å². The molecule has 1 aromatic rings. The minimum absolute atomic E-state index is 0.0835. The molecule has 0 aliphatic rings. The summed E-state index contributed by atoms with van der Waals surface area (Å²) in [6.45, 7) is 0. The molecule has 1 rings (SSSR count). The smallest absolute Gasteiger partial charge is 0.303 e. The fraction of sp³-hybridized carbons (Fsp3) is 0.429. The number of carbonyl (C=O) groups is 1. The number of hydrogen-bond donors (Lipinski definition) is 3. The standard InChI is InChI=1S/C7H11N3O2/c8-5(1-2-7(11)12)6-3-4-9-10-6/h3-5H,1-2,8H2,(H,9,10)(H,11,12). The molecule has 0 radical (unpaired) electrons. The van der Waals surface area contributed by atoms with Crippen molar-refractivity contribution in [2.24, 2.45) is 5.73 Å². The van der Waals surface area contributed by atoms with Gasteiger partial charge in [-0.1, -0.05) is 0 Å². The molecule has 1 aromatic heterocycles. The van der Waals surface area contributed by atoms with E-state index < -0.39 is 5.97 Å². The Hall–Kier alpha value is -1.36. The molecule has 0 saturated heterocycles. The third-order valence-electron chi connectivity index (χ3n) is 1.59. The summed E-state index contributed by atoms with van der Waals surface area (Å²) in [5, 5.41) is 14.8. The number of H-pyrrole nitrogens is 1. The molecule has 12 heavy (non-hydrogen) atoms. The SMILES string of the molecule is NC(CCC(=O)O)c1ccn[nH]1. The first-order chi connectivity index (χ1) is 5.70. The monoisotopic (exact) mass is 169 g/mol. The molecule has 0 bridgehead atoms. The summed E-state index contributed by atoms with van der Waals surface area (Å²) < 4.78 is 0. The van der Waals surface area contributed by atoms with Crippen molar-refractivity contribution in [1.82, 2.24) is 10.2 Å². The minimum Gasteiger partial charge on any atom is -0.481 e. The molecule has 5 nitrogen and oxygen atoms in total.